The maximum absolute atomic E-state index is 4.45. The Balaban J connectivity index is 2.15. The van der Waals surface area contributed by atoms with Gasteiger partial charge in [-0.3, -0.25) is 4.98 Å². The van der Waals surface area contributed by atoms with E-state index in [2.05, 4.69) is 54.4 Å². The van der Waals surface area contributed by atoms with Crippen LogP contribution in [0.3, 0.4) is 0 Å². The Hall–Kier alpha value is -1.67. The van der Waals surface area contributed by atoms with E-state index >= 15 is 0 Å². The van der Waals surface area contributed by atoms with Crippen molar-refractivity contribution in [3.05, 3.63) is 54.2 Å². The maximum Gasteiger partial charge on any atom is 0.0802 e. The number of aromatic nitrogens is 1. The highest BCUT2D eigenvalue weighted by Crippen LogP contribution is 2.32. The molecule has 78 valence electrons. The monoisotopic (exact) mass is 225 g/mol. The van der Waals surface area contributed by atoms with E-state index in [4.69, 9.17) is 0 Å². The molecule has 0 aliphatic rings. The second-order valence-electron chi connectivity index (χ2n) is 3.87. The molecule has 3 aromatic rings. The Labute approximate surface area is 98.4 Å². The molecule has 0 saturated carbocycles. The molecule has 0 atom stereocenters. The molecule has 0 unspecified atom stereocenters. The summed E-state index contributed by atoms with van der Waals surface area (Å²) >= 11 is 1.79. The van der Waals surface area contributed by atoms with Gasteiger partial charge in [-0.1, -0.05) is 24.3 Å². The molecule has 0 spiro atoms. The van der Waals surface area contributed by atoms with Crippen LogP contribution in [0.2, 0.25) is 0 Å². The van der Waals surface area contributed by atoms with Crippen molar-refractivity contribution in [2.45, 2.75) is 6.92 Å². The summed E-state index contributed by atoms with van der Waals surface area (Å²) in [5.41, 5.74) is 2.26. The zero-order valence-electron chi connectivity index (χ0n) is 8.97. The number of pyridine rings is 1. The number of fused-ring (bicyclic) bond motifs is 1. The highest BCUT2D eigenvalue weighted by molar-refractivity contribution is 7.22. The lowest BCUT2D eigenvalue weighted by molar-refractivity contribution is 1.28. The van der Waals surface area contributed by atoms with Gasteiger partial charge in [0.05, 0.1) is 10.6 Å². The van der Waals surface area contributed by atoms with Crippen molar-refractivity contribution in [2.75, 3.05) is 0 Å². The Morgan fingerprint density at radius 1 is 1.06 bits per heavy atom. The summed E-state index contributed by atoms with van der Waals surface area (Å²) in [6.07, 6.45) is 1.92. The van der Waals surface area contributed by atoms with Crippen LogP contribution in [0.4, 0.5) is 0 Å². The molecule has 2 heterocycles. The minimum atomic E-state index is 1.06. The van der Waals surface area contributed by atoms with Crippen molar-refractivity contribution in [3.8, 4) is 10.6 Å². The summed E-state index contributed by atoms with van der Waals surface area (Å²) in [6, 6.07) is 14.8. The van der Waals surface area contributed by atoms with Gasteiger partial charge in [0.25, 0.3) is 0 Å². The summed E-state index contributed by atoms with van der Waals surface area (Å²) in [4.78, 5) is 5.69. The van der Waals surface area contributed by atoms with E-state index in [-0.39, 0.29) is 0 Å². The van der Waals surface area contributed by atoms with E-state index in [0.29, 0.717) is 0 Å². The van der Waals surface area contributed by atoms with Crippen molar-refractivity contribution >= 4 is 21.4 Å². The van der Waals surface area contributed by atoms with Crippen molar-refractivity contribution in [3.63, 3.8) is 0 Å². The fourth-order valence-corrected chi connectivity index (χ4v) is 2.76. The number of benzene rings is 1. The van der Waals surface area contributed by atoms with Crippen LogP contribution in [-0.4, -0.2) is 4.98 Å². The summed E-state index contributed by atoms with van der Waals surface area (Å²) in [6.45, 7) is 2.06. The van der Waals surface area contributed by atoms with Crippen LogP contribution in [0.25, 0.3) is 20.7 Å². The molecule has 3 rings (SSSR count). The van der Waals surface area contributed by atoms with Gasteiger partial charge in [-0.15, -0.1) is 11.3 Å². The van der Waals surface area contributed by atoms with E-state index < -0.39 is 0 Å². The highest BCUT2D eigenvalue weighted by Gasteiger charge is 2.04. The van der Waals surface area contributed by atoms with Gasteiger partial charge >= 0.3 is 0 Å². The third-order valence-electron chi connectivity index (χ3n) is 2.59. The second-order valence-corrected chi connectivity index (χ2v) is 4.95. The minimum absolute atomic E-state index is 1.06. The van der Waals surface area contributed by atoms with Crippen LogP contribution in [-0.2, 0) is 0 Å². The molecule has 0 aliphatic heterocycles. The third-order valence-corrected chi connectivity index (χ3v) is 3.73. The molecule has 0 radical (unpaired) electrons. The molecule has 0 N–H and O–H groups in total. The molecular weight excluding hydrogens is 214 g/mol. The molecule has 0 bridgehead atoms. The molecule has 16 heavy (non-hydrogen) atoms. The zero-order valence-corrected chi connectivity index (χ0v) is 9.79. The van der Waals surface area contributed by atoms with E-state index in [9.17, 15) is 0 Å². The zero-order chi connectivity index (χ0) is 11.0. The SMILES string of the molecule is Cc1ccc(-c2cc3ccccc3s2)nc1. The molecule has 0 aliphatic carbocycles. The van der Waals surface area contributed by atoms with Gasteiger partial charge in [-0.2, -0.15) is 0 Å². The second kappa shape index (κ2) is 3.72. The molecule has 1 aromatic carbocycles. The quantitative estimate of drug-likeness (QED) is 0.602. The van der Waals surface area contributed by atoms with E-state index in [1.807, 2.05) is 6.20 Å². The van der Waals surface area contributed by atoms with Crippen molar-refractivity contribution < 1.29 is 0 Å². The van der Waals surface area contributed by atoms with E-state index in [1.54, 1.807) is 11.3 Å². The third kappa shape index (κ3) is 1.61. The smallest absolute Gasteiger partial charge is 0.0802 e. The molecule has 0 amide bonds. The number of rotatable bonds is 1. The number of hydrogen-bond donors (Lipinski definition) is 0. The Bertz CT molecular complexity index is 590. The Kier molecular flexibility index (Phi) is 2.22. The lowest BCUT2D eigenvalue weighted by atomic mass is 10.2. The average molecular weight is 225 g/mol. The summed E-state index contributed by atoms with van der Waals surface area (Å²) in [5.74, 6) is 0. The first-order chi connectivity index (χ1) is 7.83. The van der Waals surface area contributed by atoms with Crippen molar-refractivity contribution in [2.24, 2.45) is 0 Å². The van der Waals surface area contributed by atoms with Gasteiger partial charge in [-0.05, 0) is 36.1 Å². The number of thiophene rings is 1. The topological polar surface area (TPSA) is 12.9 Å². The van der Waals surface area contributed by atoms with Crippen LogP contribution in [0.15, 0.2) is 48.7 Å². The van der Waals surface area contributed by atoms with Gasteiger partial charge < -0.3 is 0 Å². The molecule has 1 nitrogen and oxygen atoms in total. The van der Waals surface area contributed by atoms with Gasteiger partial charge in [0.1, 0.15) is 0 Å². The first-order valence-corrected chi connectivity index (χ1v) is 6.06. The summed E-state index contributed by atoms with van der Waals surface area (Å²) in [7, 11) is 0. The summed E-state index contributed by atoms with van der Waals surface area (Å²) in [5, 5.41) is 1.30. The van der Waals surface area contributed by atoms with Crippen molar-refractivity contribution in [1.82, 2.24) is 4.98 Å². The van der Waals surface area contributed by atoms with Crippen molar-refractivity contribution in [1.29, 1.82) is 0 Å². The predicted molar refractivity (Wildman–Crippen MR) is 69.8 cm³/mol. The molecule has 2 aromatic heterocycles. The number of nitrogens with zero attached hydrogens (tertiary/aromatic N) is 1. The molecular formula is C14H11NS. The van der Waals surface area contributed by atoms with E-state index in [0.717, 1.165) is 5.69 Å². The predicted octanol–water partition coefficient (Wildman–Crippen LogP) is 4.27. The largest absolute Gasteiger partial charge is 0.255 e. The van der Waals surface area contributed by atoms with Crippen LogP contribution in [0.5, 0.6) is 0 Å². The first kappa shape index (κ1) is 9.55. The van der Waals surface area contributed by atoms with Crippen LogP contribution < -0.4 is 0 Å². The Morgan fingerprint density at radius 2 is 1.94 bits per heavy atom. The fourth-order valence-electron chi connectivity index (χ4n) is 1.72. The minimum Gasteiger partial charge on any atom is -0.255 e. The normalized spacial score (nSPS) is 10.8. The average Bonchev–Trinajstić information content (AvgIpc) is 2.73. The van der Waals surface area contributed by atoms with Crippen LogP contribution in [0, 0.1) is 6.92 Å². The van der Waals surface area contributed by atoms with Gasteiger partial charge in [0.2, 0.25) is 0 Å². The Morgan fingerprint density at radius 3 is 2.69 bits per heavy atom. The lowest BCUT2D eigenvalue weighted by Gasteiger charge is -1.95. The van der Waals surface area contributed by atoms with Crippen LogP contribution in [0.1, 0.15) is 5.56 Å². The van der Waals surface area contributed by atoms with Crippen LogP contribution >= 0.6 is 11.3 Å². The van der Waals surface area contributed by atoms with E-state index in [1.165, 1.54) is 20.5 Å². The summed E-state index contributed by atoms with van der Waals surface area (Å²) < 4.78 is 1.32. The highest BCUT2D eigenvalue weighted by atomic mass is 32.1. The molecule has 2 heteroatoms. The molecule has 0 saturated heterocycles. The molecule has 0 fully saturated rings. The number of hydrogen-bond acceptors (Lipinski definition) is 2. The lowest BCUT2D eigenvalue weighted by Crippen LogP contribution is -1.79. The maximum atomic E-state index is 4.45. The number of aryl methyl sites for hydroxylation is 1. The fraction of sp³-hybridized carbons (Fsp3) is 0.0714. The first-order valence-electron chi connectivity index (χ1n) is 5.24. The van der Waals surface area contributed by atoms with Gasteiger partial charge in [0, 0.05) is 10.9 Å². The standard InChI is InChI=1S/C14H11NS/c1-10-6-7-12(15-9-10)14-8-11-4-2-3-5-13(11)16-14/h2-9H,1H3. The van der Waals surface area contributed by atoms with Gasteiger partial charge in [0.15, 0.2) is 0 Å². The van der Waals surface area contributed by atoms with Gasteiger partial charge in [-0.25, -0.2) is 0 Å².